The van der Waals surface area contributed by atoms with Crippen LogP contribution in [0.4, 0.5) is 0 Å². The molecule has 3 rings (SSSR count). The van der Waals surface area contributed by atoms with E-state index in [4.69, 9.17) is 0 Å². The second-order valence-electron chi connectivity index (χ2n) is 3.69. The van der Waals surface area contributed by atoms with Crippen LogP contribution in [0.15, 0.2) is 60.7 Å². The fourth-order valence-electron chi connectivity index (χ4n) is 1.76. The van der Waals surface area contributed by atoms with Gasteiger partial charge in [-0.05, 0) is 0 Å². The summed E-state index contributed by atoms with van der Waals surface area (Å²) in [7, 11) is 0. The molecular formula is C14H10N2Te. The minimum atomic E-state index is -0.587. The maximum atomic E-state index is 4.61. The van der Waals surface area contributed by atoms with Gasteiger partial charge in [0, 0.05) is 0 Å². The average Bonchev–Trinajstić information content (AvgIpc) is 2.90. The van der Waals surface area contributed by atoms with Gasteiger partial charge in [-0.2, -0.15) is 0 Å². The number of aromatic nitrogens is 2. The van der Waals surface area contributed by atoms with E-state index in [1.54, 1.807) is 0 Å². The van der Waals surface area contributed by atoms with Gasteiger partial charge in [-0.25, -0.2) is 0 Å². The van der Waals surface area contributed by atoms with Gasteiger partial charge < -0.3 is 0 Å². The van der Waals surface area contributed by atoms with Gasteiger partial charge in [-0.1, -0.05) is 0 Å². The molecule has 1 aromatic heterocycles. The molecule has 0 saturated heterocycles. The van der Waals surface area contributed by atoms with Crippen molar-refractivity contribution in [3.8, 4) is 22.5 Å². The van der Waals surface area contributed by atoms with Crippen molar-refractivity contribution in [2.75, 3.05) is 0 Å². The van der Waals surface area contributed by atoms with Crippen molar-refractivity contribution in [2.24, 2.45) is 0 Å². The van der Waals surface area contributed by atoms with E-state index in [9.17, 15) is 0 Å². The van der Waals surface area contributed by atoms with Crippen molar-refractivity contribution in [2.45, 2.75) is 0 Å². The van der Waals surface area contributed by atoms with E-state index < -0.39 is 21.0 Å². The van der Waals surface area contributed by atoms with Gasteiger partial charge >= 0.3 is 111 Å². The van der Waals surface area contributed by atoms with Crippen molar-refractivity contribution < 1.29 is 0 Å². The first kappa shape index (κ1) is 10.7. The Kier molecular flexibility index (Phi) is 3.04. The van der Waals surface area contributed by atoms with Crippen molar-refractivity contribution in [1.82, 2.24) is 6.41 Å². The number of hydrogen-bond donors (Lipinski definition) is 0. The Bertz CT molecular complexity index is 548. The molecule has 0 fully saturated rings. The molecule has 2 nitrogen and oxygen atoms in total. The fraction of sp³-hybridized carbons (Fsp3) is 0. The predicted octanol–water partition coefficient (Wildman–Crippen LogP) is 2.87. The van der Waals surface area contributed by atoms with Gasteiger partial charge in [0.05, 0.1) is 0 Å². The molecular weight excluding hydrogens is 324 g/mol. The molecule has 0 unspecified atom stereocenters. The van der Waals surface area contributed by atoms with Gasteiger partial charge in [0.2, 0.25) is 0 Å². The Morgan fingerprint density at radius 3 is 1.41 bits per heavy atom. The van der Waals surface area contributed by atoms with E-state index in [2.05, 4.69) is 30.7 Å². The number of rotatable bonds is 2. The van der Waals surface area contributed by atoms with Crippen LogP contribution in [0.25, 0.3) is 22.5 Å². The van der Waals surface area contributed by atoms with Crippen molar-refractivity contribution in [3.63, 3.8) is 0 Å². The van der Waals surface area contributed by atoms with Crippen LogP contribution < -0.4 is 0 Å². The zero-order valence-electron chi connectivity index (χ0n) is 9.08. The first-order chi connectivity index (χ1) is 8.45. The van der Waals surface area contributed by atoms with Crippen LogP contribution in [0.3, 0.4) is 0 Å². The SMILES string of the molecule is c1ccc(-c2n[te]nc2-c2ccccc2)cc1. The number of hydrogen-bond acceptors (Lipinski definition) is 2. The molecule has 82 valence electrons. The topological polar surface area (TPSA) is 25.8 Å². The molecule has 3 aromatic rings. The summed E-state index contributed by atoms with van der Waals surface area (Å²) in [6.45, 7) is 0. The van der Waals surface area contributed by atoms with Crippen molar-refractivity contribution >= 4 is 21.0 Å². The van der Waals surface area contributed by atoms with E-state index in [1.807, 2.05) is 36.4 Å². The van der Waals surface area contributed by atoms with E-state index in [-0.39, 0.29) is 0 Å². The standard InChI is InChI=1S/C14H10N2Te/c1-3-7-11(8-4-1)13-14(16-17-15-13)12-9-5-2-6-10-12/h1-10H. The quantitative estimate of drug-likeness (QED) is 0.674. The molecule has 0 saturated carbocycles. The molecule has 17 heavy (non-hydrogen) atoms. The summed E-state index contributed by atoms with van der Waals surface area (Å²) >= 11 is -0.587. The molecule has 0 aliphatic heterocycles. The van der Waals surface area contributed by atoms with Gasteiger partial charge in [0.15, 0.2) is 0 Å². The molecule has 0 radical (unpaired) electrons. The predicted molar refractivity (Wildman–Crippen MR) is 69.8 cm³/mol. The summed E-state index contributed by atoms with van der Waals surface area (Å²) < 4.78 is 9.21. The molecule has 0 spiro atoms. The third-order valence-electron chi connectivity index (χ3n) is 2.58. The zero-order valence-corrected chi connectivity index (χ0v) is 11.4. The Morgan fingerprint density at radius 2 is 1.00 bits per heavy atom. The normalized spacial score (nSPS) is 10.4. The molecule has 0 aliphatic carbocycles. The molecule has 1 heterocycles. The molecule has 0 amide bonds. The summed E-state index contributed by atoms with van der Waals surface area (Å²) in [6, 6.07) is 20.6. The zero-order chi connectivity index (χ0) is 11.5. The van der Waals surface area contributed by atoms with Crippen LogP contribution >= 0.6 is 0 Å². The fourth-order valence-corrected chi connectivity index (χ4v) is 3.44. The van der Waals surface area contributed by atoms with Crippen LogP contribution in [0.2, 0.25) is 0 Å². The monoisotopic (exact) mass is 336 g/mol. The average molecular weight is 334 g/mol. The summed E-state index contributed by atoms with van der Waals surface area (Å²) in [5, 5.41) is 0. The first-order valence-corrected chi connectivity index (χ1v) is 7.47. The molecule has 3 heteroatoms. The third kappa shape index (κ3) is 2.17. The van der Waals surface area contributed by atoms with Gasteiger partial charge in [-0.15, -0.1) is 0 Å². The Morgan fingerprint density at radius 1 is 0.588 bits per heavy atom. The molecule has 0 aliphatic rings. The van der Waals surface area contributed by atoms with Crippen LogP contribution in [0.1, 0.15) is 0 Å². The summed E-state index contributed by atoms with van der Waals surface area (Å²) in [5.41, 5.74) is 4.44. The van der Waals surface area contributed by atoms with Gasteiger partial charge in [-0.3, -0.25) is 0 Å². The minimum absolute atomic E-state index is 0.587. The molecule has 0 bridgehead atoms. The third-order valence-corrected chi connectivity index (χ3v) is 4.09. The van der Waals surface area contributed by atoms with Crippen molar-refractivity contribution in [3.05, 3.63) is 60.7 Å². The van der Waals surface area contributed by atoms with E-state index >= 15 is 0 Å². The summed E-state index contributed by atoms with van der Waals surface area (Å²) in [4.78, 5) is 0. The van der Waals surface area contributed by atoms with Crippen molar-refractivity contribution in [1.29, 1.82) is 0 Å². The second kappa shape index (κ2) is 4.83. The second-order valence-corrected chi connectivity index (χ2v) is 5.20. The molecule has 2 aromatic carbocycles. The Balaban J connectivity index is 2.13. The van der Waals surface area contributed by atoms with E-state index in [1.165, 1.54) is 0 Å². The number of benzene rings is 2. The van der Waals surface area contributed by atoms with Crippen LogP contribution in [-0.4, -0.2) is 27.4 Å². The number of nitrogens with zero attached hydrogens (tertiary/aromatic N) is 2. The van der Waals surface area contributed by atoms with Crippen LogP contribution in [0.5, 0.6) is 0 Å². The van der Waals surface area contributed by atoms with E-state index in [0.717, 1.165) is 22.5 Å². The maximum absolute atomic E-state index is 4.61. The molecule has 0 atom stereocenters. The van der Waals surface area contributed by atoms with E-state index in [0.29, 0.717) is 0 Å². The summed E-state index contributed by atoms with van der Waals surface area (Å²) in [5.74, 6) is 0. The van der Waals surface area contributed by atoms with Crippen LogP contribution in [-0.2, 0) is 0 Å². The van der Waals surface area contributed by atoms with Crippen LogP contribution in [0, 0.1) is 0 Å². The van der Waals surface area contributed by atoms with Gasteiger partial charge in [0.25, 0.3) is 0 Å². The molecule has 0 N–H and O–H groups in total. The Labute approximate surface area is 110 Å². The first-order valence-electron chi connectivity index (χ1n) is 5.38. The Hall–Kier alpha value is -1.43. The van der Waals surface area contributed by atoms with Gasteiger partial charge in [0.1, 0.15) is 0 Å². The summed E-state index contributed by atoms with van der Waals surface area (Å²) in [6.07, 6.45) is 0.